The van der Waals surface area contributed by atoms with Gasteiger partial charge in [0.15, 0.2) is 6.29 Å². The molecule has 0 spiro atoms. The van der Waals surface area contributed by atoms with Crippen LogP contribution >= 0.6 is 0 Å². The number of hydrogen-bond acceptors (Lipinski definition) is 9. The molecule has 2 heterocycles. The van der Waals surface area contributed by atoms with E-state index in [1.165, 1.54) is 35.7 Å². The summed E-state index contributed by atoms with van der Waals surface area (Å²) in [6.45, 7) is 4.47. The van der Waals surface area contributed by atoms with Crippen LogP contribution in [0, 0.1) is 5.92 Å². The van der Waals surface area contributed by atoms with Crippen LogP contribution in [0.15, 0.2) is 59.5 Å². The van der Waals surface area contributed by atoms with E-state index in [0.29, 0.717) is 31.4 Å². The SMILES string of the molecule is COC(O)[C@@H](CNC(=O)CNC(=O)c1cccc(NC(=O)OC(C)(C)C)c1)NC(=O)C1C2CCC(CC2)N1S(=O)(=O)c1ccccc1. The van der Waals surface area contributed by atoms with Gasteiger partial charge in [-0.1, -0.05) is 24.3 Å². The van der Waals surface area contributed by atoms with Gasteiger partial charge in [0.25, 0.3) is 5.91 Å². The fraction of sp³-hybridized carbons (Fsp3) is 0.500. The van der Waals surface area contributed by atoms with E-state index in [9.17, 15) is 32.7 Å². The Kier molecular flexibility index (Phi) is 11.6. The number of sulfonamides is 1. The van der Waals surface area contributed by atoms with Gasteiger partial charge in [0.1, 0.15) is 11.6 Å². The lowest BCUT2D eigenvalue weighted by molar-refractivity contribution is -0.139. The number of aliphatic hydroxyl groups excluding tert-OH is 1. The number of methoxy groups -OCH3 is 1. The van der Waals surface area contributed by atoms with Crippen molar-refractivity contribution in [3.8, 4) is 0 Å². The zero-order chi connectivity index (χ0) is 34.4. The zero-order valence-corrected chi connectivity index (χ0v) is 27.7. The molecule has 2 saturated heterocycles. The third-order valence-corrected chi connectivity index (χ3v) is 9.97. The summed E-state index contributed by atoms with van der Waals surface area (Å²) in [7, 11) is -2.76. The summed E-state index contributed by atoms with van der Waals surface area (Å²) in [5.41, 5.74) is -0.195. The number of nitrogens with zero attached hydrogens (tertiary/aromatic N) is 1. The molecule has 0 aromatic heterocycles. The molecule has 2 aliphatic heterocycles. The smallest absolute Gasteiger partial charge is 0.412 e. The molecule has 3 fully saturated rings. The van der Waals surface area contributed by atoms with Gasteiger partial charge in [0.05, 0.1) is 17.5 Å². The van der Waals surface area contributed by atoms with Crippen molar-refractivity contribution in [3.63, 3.8) is 0 Å². The summed E-state index contributed by atoms with van der Waals surface area (Å²) >= 11 is 0. The van der Waals surface area contributed by atoms with Crippen LogP contribution < -0.4 is 21.3 Å². The second-order valence-electron chi connectivity index (χ2n) is 12.6. The number of aliphatic hydroxyl groups is 1. The Morgan fingerprint density at radius 1 is 0.979 bits per heavy atom. The summed E-state index contributed by atoms with van der Waals surface area (Å²) in [5.74, 6) is -2.00. The molecule has 2 unspecified atom stereocenters. The summed E-state index contributed by atoms with van der Waals surface area (Å²) < 4.78 is 38.9. The fourth-order valence-corrected chi connectivity index (χ4v) is 7.78. The van der Waals surface area contributed by atoms with Gasteiger partial charge in [-0.05, 0) is 82.7 Å². The molecular weight excluding hydrogens is 630 g/mol. The minimum atomic E-state index is -3.99. The van der Waals surface area contributed by atoms with Gasteiger partial charge in [0, 0.05) is 30.9 Å². The average molecular weight is 674 g/mol. The molecule has 3 atom stereocenters. The van der Waals surface area contributed by atoms with Crippen molar-refractivity contribution in [1.29, 1.82) is 0 Å². The van der Waals surface area contributed by atoms with Gasteiger partial charge in [-0.15, -0.1) is 0 Å². The quantitative estimate of drug-likeness (QED) is 0.210. The largest absolute Gasteiger partial charge is 0.444 e. The molecule has 2 aromatic carbocycles. The van der Waals surface area contributed by atoms with Crippen molar-refractivity contribution in [2.75, 3.05) is 25.5 Å². The van der Waals surface area contributed by atoms with E-state index >= 15 is 0 Å². The first-order chi connectivity index (χ1) is 22.2. The van der Waals surface area contributed by atoms with Gasteiger partial charge in [0.2, 0.25) is 21.8 Å². The molecule has 3 aliphatic rings. The second kappa shape index (κ2) is 15.2. The van der Waals surface area contributed by atoms with Crippen molar-refractivity contribution in [2.24, 2.45) is 5.92 Å². The number of rotatable bonds is 12. The Hall–Kier alpha value is -4.05. The third-order valence-electron chi connectivity index (χ3n) is 8.02. The number of hydrogen-bond donors (Lipinski definition) is 5. The second-order valence-corrected chi connectivity index (χ2v) is 14.4. The van der Waals surface area contributed by atoms with Crippen LogP contribution in [0.25, 0.3) is 0 Å². The highest BCUT2D eigenvalue weighted by atomic mass is 32.2. The number of amides is 4. The first-order valence-electron chi connectivity index (χ1n) is 15.4. The lowest BCUT2D eigenvalue weighted by Crippen LogP contribution is -2.64. The minimum Gasteiger partial charge on any atom is -0.444 e. The highest BCUT2D eigenvalue weighted by molar-refractivity contribution is 7.89. The number of piperidine rings is 2. The normalized spacial score (nSPS) is 20.8. The average Bonchev–Trinajstić information content (AvgIpc) is 3.04. The topological polar surface area (TPSA) is 192 Å². The molecule has 14 nitrogen and oxygen atoms in total. The monoisotopic (exact) mass is 673 g/mol. The number of nitrogens with one attached hydrogen (secondary N) is 4. The number of anilines is 1. The van der Waals surface area contributed by atoms with Crippen LogP contribution in [-0.4, -0.2) is 91.9 Å². The first kappa shape index (κ1) is 35.8. The molecule has 256 valence electrons. The lowest BCUT2D eigenvalue weighted by Gasteiger charge is -2.49. The van der Waals surface area contributed by atoms with Gasteiger partial charge < -0.3 is 30.5 Å². The van der Waals surface area contributed by atoms with E-state index in [2.05, 4.69) is 21.3 Å². The predicted octanol–water partition coefficient (Wildman–Crippen LogP) is 1.96. The van der Waals surface area contributed by atoms with E-state index in [1.54, 1.807) is 51.1 Å². The number of fused-ring (bicyclic) bond motifs is 3. The number of ether oxygens (including phenoxy) is 2. The Bertz CT molecular complexity index is 1540. The standard InChI is InChI=1S/C32H43N5O9S/c1-32(2,3)46-31(42)35-22-10-8-9-21(17-22)28(39)34-19-26(38)33-18-25(30(41)45-4)36-29(40)27-20-13-15-23(16-14-20)37(27)47(43,44)24-11-6-5-7-12-24/h5-12,17,20,23,25,27,30,41H,13-16,18-19H2,1-4H3,(H,33,38)(H,34,39)(H,35,42)(H,36,40)/t20?,23?,25-,27?,30?/m1/s1. The predicted molar refractivity (Wildman–Crippen MR) is 172 cm³/mol. The Morgan fingerprint density at radius 2 is 1.66 bits per heavy atom. The molecule has 2 aromatic rings. The molecule has 4 amide bonds. The Balaban J connectivity index is 1.35. The molecule has 5 rings (SSSR count). The van der Waals surface area contributed by atoms with Crippen LogP contribution in [0.4, 0.5) is 10.5 Å². The van der Waals surface area contributed by atoms with Crippen molar-refractivity contribution in [1.82, 2.24) is 20.3 Å². The van der Waals surface area contributed by atoms with E-state index in [4.69, 9.17) is 9.47 Å². The lowest BCUT2D eigenvalue weighted by atomic mass is 9.76. The Labute approximate surface area is 274 Å². The number of carbonyl (C=O) groups is 4. The zero-order valence-electron chi connectivity index (χ0n) is 26.9. The minimum absolute atomic E-state index is 0.0965. The van der Waals surface area contributed by atoms with Crippen LogP contribution in [-0.2, 0) is 29.1 Å². The van der Waals surface area contributed by atoms with Crippen molar-refractivity contribution in [3.05, 3.63) is 60.2 Å². The highest BCUT2D eigenvalue weighted by Gasteiger charge is 2.51. The van der Waals surface area contributed by atoms with Gasteiger partial charge in [-0.25, -0.2) is 13.2 Å². The molecule has 1 aliphatic carbocycles. The number of carbonyl (C=O) groups excluding carboxylic acids is 4. The number of benzene rings is 2. The van der Waals surface area contributed by atoms with E-state index < -0.39 is 64.4 Å². The van der Waals surface area contributed by atoms with Gasteiger partial charge >= 0.3 is 6.09 Å². The maximum atomic E-state index is 13.7. The molecule has 0 radical (unpaired) electrons. The molecular formula is C32H43N5O9S. The summed E-state index contributed by atoms with van der Waals surface area (Å²) in [4.78, 5) is 51.2. The van der Waals surface area contributed by atoms with E-state index in [-0.39, 0.29) is 29.0 Å². The highest BCUT2D eigenvalue weighted by Crippen LogP contribution is 2.42. The molecule has 15 heteroatoms. The van der Waals surface area contributed by atoms with Crippen LogP contribution in [0.5, 0.6) is 0 Å². The van der Waals surface area contributed by atoms with Crippen LogP contribution in [0.3, 0.4) is 0 Å². The molecule has 1 saturated carbocycles. The van der Waals surface area contributed by atoms with Crippen molar-refractivity contribution in [2.45, 2.75) is 81.4 Å². The summed E-state index contributed by atoms with van der Waals surface area (Å²) in [6, 6.07) is 11.6. The van der Waals surface area contributed by atoms with Gasteiger partial charge in [-0.3, -0.25) is 19.7 Å². The van der Waals surface area contributed by atoms with Crippen molar-refractivity contribution < 1.29 is 42.2 Å². The fourth-order valence-electron chi connectivity index (χ4n) is 5.86. The molecule has 47 heavy (non-hydrogen) atoms. The van der Waals surface area contributed by atoms with Crippen LogP contribution in [0.2, 0.25) is 0 Å². The van der Waals surface area contributed by atoms with Crippen molar-refractivity contribution >= 4 is 39.5 Å². The van der Waals surface area contributed by atoms with E-state index in [0.717, 1.165) is 0 Å². The summed E-state index contributed by atoms with van der Waals surface area (Å²) in [6.07, 6.45) is 0.480. The maximum absolute atomic E-state index is 13.7. The van der Waals surface area contributed by atoms with E-state index in [1.807, 2.05) is 0 Å². The summed E-state index contributed by atoms with van der Waals surface area (Å²) in [5, 5.41) is 20.8. The van der Waals surface area contributed by atoms with Crippen LogP contribution in [0.1, 0.15) is 56.8 Å². The maximum Gasteiger partial charge on any atom is 0.412 e. The Morgan fingerprint density at radius 3 is 2.30 bits per heavy atom. The first-order valence-corrected chi connectivity index (χ1v) is 16.9. The molecule has 2 bridgehead atoms. The molecule has 5 N–H and O–H groups in total. The van der Waals surface area contributed by atoms with Gasteiger partial charge in [-0.2, -0.15) is 4.31 Å². The third kappa shape index (κ3) is 9.28.